The number of carbonyl (C=O) groups is 1. The molecule has 18 heavy (non-hydrogen) atoms. The van der Waals surface area contributed by atoms with Crippen molar-refractivity contribution in [1.82, 2.24) is 5.32 Å². The maximum atomic E-state index is 11.6. The molecule has 0 heterocycles. The van der Waals surface area contributed by atoms with Gasteiger partial charge >= 0.3 is 6.03 Å². The lowest BCUT2D eigenvalue weighted by Gasteiger charge is -2.21. The third-order valence-corrected chi connectivity index (χ3v) is 2.98. The highest BCUT2D eigenvalue weighted by atomic mass is 16.3. The molecule has 4 nitrogen and oxygen atoms in total. The fraction of sp³-hybridized carbons (Fsp3) is 0.500. The molecule has 0 aromatic heterocycles. The number of aliphatic hydroxyl groups is 1. The number of amides is 2. The van der Waals surface area contributed by atoms with E-state index in [1.165, 1.54) is 5.56 Å². The van der Waals surface area contributed by atoms with Crippen LogP contribution in [-0.2, 0) is 6.42 Å². The van der Waals surface area contributed by atoms with Crippen molar-refractivity contribution in [1.29, 1.82) is 0 Å². The van der Waals surface area contributed by atoms with Gasteiger partial charge in [-0.2, -0.15) is 0 Å². The molecule has 1 rings (SSSR count). The molecule has 0 aliphatic rings. The Morgan fingerprint density at radius 3 is 2.72 bits per heavy atom. The van der Waals surface area contributed by atoms with Crippen LogP contribution >= 0.6 is 0 Å². The zero-order chi connectivity index (χ0) is 13.6. The second kappa shape index (κ2) is 6.40. The summed E-state index contributed by atoms with van der Waals surface area (Å²) in [4.78, 5) is 11.6. The van der Waals surface area contributed by atoms with Crippen LogP contribution in [0.2, 0.25) is 0 Å². The number of nitrogens with one attached hydrogen (secondary N) is 2. The third-order valence-electron chi connectivity index (χ3n) is 2.98. The van der Waals surface area contributed by atoms with Crippen molar-refractivity contribution < 1.29 is 9.90 Å². The Labute approximate surface area is 108 Å². The van der Waals surface area contributed by atoms with Gasteiger partial charge < -0.3 is 15.7 Å². The van der Waals surface area contributed by atoms with Crippen LogP contribution in [0.15, 0.2) is 24.3 Å². The molecule has 0 unspecified atom stereocenters. The highest BCUT2D eigenvalue weighted by Crippen LogP contribution is 2.11. The Morgan fingerprint density at radius 2 is 2.11 bits per heavy atom. The van der Waals surface area contributed by atoms with Gasteiger partial charge in [-0.05, 0) is 37.5 Å². The molecule has 0 aliphatic carbocycles. The minimum absolute atomic E-state index is 0.239. The van der Waals surface area contributed by atoms with E-state index >= 15 is 0 Å². The van der Waals surface area contributed by atoms with Gasteiger partial charge in [-0.25, -0.2) is 4.79 Å². The van der Waals surface area contributed by atoms with Crippen molar-refractivity contribution in [2.45, 2.75) is 39.2 Å². The predicted octanol–water partition coefficient (Wildman–Crippen LogP) is 2.53. The Morgan fingerprint density at radius 1 is 1.39 bits per heavy atom. The molecule has 3 N–H and O–H groups in total. The van der Waals surface area contributed by atoms with Crippen LogP contribution < -0.4 is 10.6 Å². The lowest BCUT2D eigenvalue weighted by molar-refractivity contribution is 0.0587. The van der Waals surface area contributed by atoms with Gasteiger partial charge in [0.15, 0.2) is 0 Å². The van der Waals surface area contributed by atoms with Crippen molar-refractivity contribution in [2.24, 2.45) is 0 Å². The molecule has 0 bridgehead atoms. The Kier molecular flexibility index (Phi) is 5.16. The molecular formula is C14H22N2O2. The number of rotatable bonds is 5. The van der Waals surface area contributed by atoms with Gasteiger partial charge in [-0.3, -0.25) is 0 Å². The largest absolute Gasteiger partial charge is 0.388 e. The van der Waals surface area contributed by atoms with E-state index in [0.29, 0.717) is 6.42 Å². The first kappa shape index (κ1) is 14.5. The second-order valence-electron chi connectivity index (χ2n) is 4.71. The molecule has 1 atom stereocenters. The maximum Gasteiger partial charge on any atom is 0.319 e. The summed E-state index contributed by atoms with van der Waals surface area (Å²) in [6, 6.07) is 7.42. The van der Waals surface area contributed by atoms with Crippen LogP contribution in [0.25, 0.3) is 0 Å². The molecule has 1 aromatic carbocycles. The molecule has 0 saturated carbocycles. The summed E-state index contributed by atoms with van der Waals surface area (Å²) < 4.78 is 0. The summed E-state index contributed by atoms with van der Waals surface area (Å²) in [6.07, 6.45) is 1.53. The standard InChI is InChI=1S/C14H22N2O2/c1-4-11-7-6-8-12(9-11)16-13(17)15-10-14(3,18)5-2/h6-9,18H,4-5,10H2,1-3H3,(H2,15,16,17)/t14-/m0/s1. The lowest BCUT2D eigenvalue weighted by atomic mass is 10.0. The fourth-order valence-electron chi connectivity index (χ4n) is 1.44. The first-order valence-electron chi connectivity index (χ1n) is 6.33. The zero-order valence-corrected chi connectivity index (χ0v) is 11.3. The van der Waals surface area contributed by atoms with Crippen LogP contribution in [0.3, 0.4) is 0 Å². The van der Waals surface area contributed by atoms with Gasteiger partial charge in [0, 0.05) is 12.2 Å². The van der Waals surface area contributed by atoms with Crippen molar-refractivity contribution in [3.63, 3.8) is 0 Å². The second-order valence-corrected chi connectivity index (χ2v) is 4.71. The average Bonchev–Trinajstić information content (AvgIpc) is 2.37. The number of benzene rings is 1. The Balaban J connectivity index is 2.49. The molecule has 0 fully saturated rings. The Bertz CT molecular complexity index is 403. The van der Waals surface area contributed by atoms with E-state index in [-0.39, 0.29) is 12.6 Å². The van der Waals surface area contributed by atoms with E-state index in [4.69, 9.17) is 0 Å². The molecule has 0 saturated heterocycles. The topological polar surface area (TPSA) is 61.4 Å². The fourth-order valence-corrected chi connectivity index (χ4v) is 1.44. The van der Waals surface area contributed by atoms with Crippen LogP contribution in [-0.4, -0.2) is 23.3 Å². The van der Waals surface area contributed by atoms with E-state index in [0.717, 1.165) is 12.1 Å². The van der Waals surface area contributed by atoms with E-state index < -0.39 is 5.60 Å². The van der Waals surface area contributed by atoms with Gasteiger partial charge in [0.2, 0.25) is 0 Å². The SMILES string of the molecule is CCc1cccc(NC(=O)NC[C@@](C)(O)CC)c1. The minimum Gasteiger partial charge on any atom is -0.388 e. The lowest BCUT2D eigenvalue weighted by Crippen LogP contribution is -2.41. The molecule has 0 spiro atoms. The van der Waals surface area contributed by atoms with Gasteiger partial charge in [-0.1, -0.05) is 26.0 Å². The van der Waals surface area contributed by atoms with E-state index in [1.807, 2.05) is 31.2 Å². The summed E-state index contributed by atoms with van der Waals surface area (Å²) in [5.74, 6) is 0. The minimum atomic E-state index is -0.859. The van der Waals surface area contributed by atoms with Gasteiger partial charge in [0.05, 0.1) is 5.60 Å². The molecule has 1 aromatic rings. The van der Waals surface area contributed by atoms with Crippen LogP contribution in [0, 0.1) is 0 Å². The average molecular weight is 250 g/mol. The quantitative estimate of drug-likeness (QED) is 0.752. The summed E-state index contributed by atoms with van der Waals surface area (Å²) in [5.41, 5.74) is 1.08. The highest BCUT2D eigenvalue weighted by molar-refractivity contribution is 5.89. The van der Waals surface area contributed by atoms with E-state index in [9.17, 15) is 9.90 Å². The highest BCUT2D eigenvalue weighted by Gasteiger charge is 2.18. The van der Waals surface area contributed by atoms with Crippen LogP contribution in [0.1, 0.15) is 32.8 Å². The first-order valence-corrected chi connectivity index (χ1v) is 6.33. The predicted molar refractivity (Wildman–Crippen MR) is 73.8 cm³/mol. The number of hydrogen-bond donors (Lipinski definition) is 3. The molecular weight excluding hydrogens is 228 g/mol. The van der Waals surface area contributed by atoms with Crippen molar-refractivity contribution in [3.05, 3.63) is 29.8 Å². The molecule has 4 heteroatoms. The Hall–Kier alpha value is -1.55. The number of anilines is 1. The first-order chi connectivity index (χ1) is 8.46. The zero-order valence-electron chi connectivity index (χ0n) is 11.3. The molecule has 2 amide bonds. The van der Waals surface area contributed by atoms with Gasteiger partial charge in [0.1, 0.15) is 0 Å². The molecule has 100 valence electrons. The van der Waals surface area contributed by atoms with Crippen molar-refractivity contribution in [3.8, 4) is 0 Å². The van der Waals surface area contributed by atoms with Crippen LogP contribution in [0.4, 0.5) is 10.5 Å². The van der Waals surface area contributed by atoms with E-state index in [2.05, 4.69) is 17.6 Å². The summed E-state index contributed by atoms with van der Waals surface area (Å²) in [7, 11) is 0. The maximum absolute atomic E-state index is 11.6. The molecule has 0 aliphatic heterocycles. The summed E-state index contributed by atoms with van der Waals surface area (Å²) in [6.45, 7) is 5.88. The van der Waals surface area contributed by atoms with Gasteiger partial charge in [-0.15, -0.1) is 0 Å². The normalized spacial score (nSPS) is 13.8. The number of urea groups is 1. The smallest absolute Gasteiger partial charge is 0.319 e. The summed E-state index contributed by atoms with van der Waals surface area (Å²) in [5, 5.41) is 15.2. The van der Waals surface area contributed by atoms with Crippen molar-refractivity contribution >= 4 is 11.7 Å². The van der Waals surface area contributed by atoms with Crippen molar-refractivity contribution in [2.75, 3.05) is 11.9 Å². The monoisotopic (exact) mass is 250 g/mol. The number of carbonyl (C=O) groups excluding carboxylic acids is 1. The number of aryl methyl sites for hydroxylation is 1. The number of hydrogen-bond acceptors (Lipinski definition) is 2. The van der Waals surface area contributed by atoms with E-state index in [1.54, 1.807) is 6.92 Å². The van der Waals surface area contributed by atoms with Crippen LogP contribution in [0.5, 0.6) is 0 Å². The summed E-state index contributed by atoms with van der Waals surface area (Å²) >= 11 is 0. The molecule has 0 radical (unpaired) electrons. The van der Waals surface area contributed by atoms with Gasteiger partial charge in [0.25, 0.3) is 0 Å². The third kappa shape index (κ3) is 4.75.